The Morgan fingerprint density at radius 3 is 2.31 bits per heavy atom. The van der Waals surface area contributed by atoms with Crippen LogP contribution >= 0.6 is 11.0 Å². The smallest absolute Gasteiger partial charge is 0.148 e. The first kappa shape index (κ1) is 18.9. The van der Waals surface area contributed by atoms with E-state index < -0.39 is 22.9 Å². The van der Waals surface area contributed by atoms with Gasteiger partial charge in [0, 0.05) is 13.1 Å². The van der Waals surface area contributed by atoms with Gasteiger partial charge < -0.3 is 10.4 Å². The molecule has 1 atom stereocenters. The van der Waals surface area contributed by atoms with Gasteiger partial charge in [-0.25, -0.2) is 8.70 Å². The first-order valence-corrected chi connectivity index (χ1v) is 9.95. The van der Waals surface area contributed by atoms with Gasteiger partial charge in [0.05, 0.1) is 17.5 Å². The van der Waals surface area contributed by atoms with Crippen molar-refractivity contribution >= 4 is 28.0 Å². The standard InChI is InChI=1S/C18H24FN3O3S/c1-20-13-14(23)7-6-12-21-17-10-4-5-11-18(17)22(26(21,24)25)16-9-3-2-8-15(16)19/h2-5,8-11,14,20,23-25H,6-7,12-13H2,1H3/t14-/m1/s1. The number of nitrogens with one attached hydrogen (secondary N) is 1. The molecule has 0 spiro atoms. The largest absolute Gasteiger partial charge is 0.392 e. The molecule has 1 aliphatic heterocycles. The zero-order valence-electron chi connectivity index (χ0n) is 14.5. The Labute approximate surface area is 154 Å². The molecular formula is C18H24FN3O3S. The van der Waals surface area contributed by atoms with Crippen molar-refractivity contribution in [2.45, 2.75) is 18.9 Å². The van der Waals surface area contributed by atoms with Gasteiger partial charge in [0.15, 0.2) is 0 Å². The summed E-state index contributed by atoms with van der Waals surface area (Å²) < 4.78 is 39.0. The number of para-hydroxylation sites is 3. The highest BCUT2D eigenvalue weighted by Crippen LogP contribution is 2.64. The van der Waals surface area contributed by atoms with Crippen LogP contribution in [0.4, 0.5) is 21.5 Å². The lowest BCUT2D eigenvalue weighted by Gasteiger charge is -2.43. The van der Waals surface area contributed by atoms with Gasteiger partial charge in [0.25, 0.3) is 0 Å². The van der Waals surface area contributed by atoms with Crippen LogP contribution in [0.1, 0.15) is 12.8 Å². The topological polar surface area (TPSA) is 79.2 Å². The zero-order chi connectivity index (χ0) is 18.7. The minimum absolute atomic E-state index is 0.123. The molecule has 2 aromatic rings. The monoisotopic (exact) mass is 381 g/mol. The van der Waals surface area contributed by atoms with E-state index in [2.05, 4.69) is 5.32 Å². The first-order chi connectivity index (χ1) is 12.5. The molecule has 1 heterocycles. The van der Waals surface area contributed by atoms with Crippen molar-refractivity contribution in [1.82, 2.24) is 5.32 Å². The van der Waals surface area contributed by atoms with Crippen LogP contribution in [0, 0.1) is 5.82 Å². The summed E-state index contributed by atoms with van der Waals surface area (Å²) in [4.78, 5) is 0. The van der Waals surface area contributed by atoms with Crippen LogP contribution in [-0.2, 0) is 0 Å². The second-order valence-corrected chi connectivity index (χ2v) is 7.97. The van der Waals surface area contributed by atoms with E-state index in [9.17, 15) is 18.6 Å². The second-order valence-electron chi connectivity index (χ2n) is 6.18. The maximum absolute atomic E-state index is 14.3. The minimum atomic E-state index is -3.44. The Morgan fingerprint density at radius 1 is 1.04 bits per heavy atom. The average Bonchev–Trinajstić information content (AvgIpc) is 2.83. The number of aliphatic hydroxyl groups is 1. The van der Waals surface area contributed by atoms with Gasteiger partial charge in [-0.2, -0.15) is 0 Å². The Bertz CT molecular complexity index is 762. The number of aliphatic hydroxyl groups excluding tert-OH is 1. The molecule has 6 nitrogen and oxygen atoms in total. The number of hydrogen-bond donors (Lipinski definition) is 4. The van der Waals surface area contributed by atoms with E-state index >= 15 is 0 Å². The third-order valence-corrected chi connectivity index (χ3v) is 6.17. The number of hydrogen-bond acceptors (Lipinski definition) is 6. The fraction of sp³-hybridized carbons (Fsp3) is 0.333. The predicted octanol–water partition coefficient (Wildman–Crippen LogP) is 3.72. The van der Waals surface area contributed by atoms with E-state index in [-0.39, 0.29) is 5.69 Å². The minimum Gasteiger partial charge on any atom is -0.392 e. The van der Waals surface area contributed by atoms with Crippen molar-refractivity contribution in [1.29, 1.82) is 0 Å². The van der Waals surface area contributed by atoms with Gasteiger partial charge >= 0.3 is 0 Å². The molecule has 0 unspecified atom stereocenters. The molecule has 1 aliphatic rings. The quantitative estimate of drug-likeness (QED) is 0.585. The van der Waals surface area contributed by atoms with E-state index in [1.54, 1.807) is 37.4 Å². The summed E-state index contributed by atoms with van der Waals surface area (Å²) >= 11 is 0. The van der Waals surface area contributed by atoms with E-state index in [4.69, 9.17) is 0 Å². The van der Waals surface area contributed by atoms with Crippen molar-refractivity contribution < 1.29 is 18.6 Å². The van der Waals surface area contributed by atoms with Gasteiger partial charge in [-0.15, -0.1) is 0 Å². The van der Waals surface area contributed by atoms with E-state index in [1.165, 1.54) is 20.7 Å². The maximum atomic E-state index is 14.3. The van der Waals surface area contributed by atoms with Crippen LogP contribution in [0.5, 0.6) is 0 Å². The molecule has 26 heavy (non-hydrogen) atoms. The molecule has 0 amide bonds. The van der Waals surface area contributed by atoms with Gasteiger partial charge in [0.2, 0.25) is 0 Å². The SMILES string of the molecule is CNC[C@H](O)CCCN1c2ccccc2N(c2ccccc2F)S1(O)O. The van der Waals surface area contributed by atoms with Crippen LogP contribution in [-0.4, -0.2) is 40.5 Å². The van der Waals surface area contributed by atoms with E-state index in [0.717, 1.165) is 0 Å². The van der Waals surface area contributed by atoms with Gasteiger partial charge in [0.1, 0.15) is 11.5 Å². The highest BCUT2D eigenvalue weighted by Gasteiger charge is 2.42. The van der Waals surface area contributed by atoms with Gasteiger partial charge in [-0.05, 0) is 55.1 Å². The number of likely N-dealkylation sites (N-methyl/N-ethyl adjacent to an activating group) is 1. The summed E-state index contributed by atoms with van der Waals surface area (Å²) in [7, 11) is -1.68. The highest BCUT2D eigenvalue weighted by molar-refractivity contribution is 8.27. The lowest BCUT2D eigenvalue weighted by molar-refractivity contribution is 0.162. The van der Waals surface area contributed by atoms with Crippen molar-refractivity contribution in [3.63, 3.8) is 0 Å². The lowest BCUT2D eigenvalue weighted by Crippen LogP contribution is -2.33. The highest BCUT2D eigenvalue weighted by atomic mass is 32.3. The van der Waals surface area contributed by atoms with Crippen LogP contribution in [0.25, 0.3) is 0 Å². The molecular weight excluding hydrogens is 357 g/mol. The summed E-state index contributed by atoms with van der Waals surface area (Å²) in [5, 5.41) is 12.8. The van der Waals surface area contributed by atoms with E-state index in [1.807, 2.05) is 6.07 Å². The predicted molar refractivity (Wildman–Crippen MR) is 104 cm³/mol. The van der Waals surface area contributed by atoms with Crippen molar-refractivity contribution in [2.75, 3.05) is 28.7 Å². The fourth-order valence-electron chi connectivity index (χ4n) is 3.14. The molecule has 0 aliphatic carbocycles. The Kier molecular flexibility index (Phi) is 5.69. The van der Waals surface area contributed by atoms with E-state index in [0.29, 0.717) is 37.3 Å². The van der Waals surface area contributed by atoms with Crippen LogP contribution in [0.15, 0.2) is 48.5 Å². The Balaban J connectivity index is 1.89. The molecule has 142 valence electrons. The zero-order valence-corrected chi connectivity index (χ0v) is 15.4. The van der Waals surface area contributed by atoms with Gasteiger partial charge in [-0.3, -0.25) is 13.4 Å². The third-order valence-electron chi connectivity index (χ3n) is 4.32. The summed E-state index contributed by atoms with van der Waals surface area (Å²) in [5.41, 5.74) is 1.31. The molecule has 0 saturated heterocycles. The van der Waals surface area contributed by atoms with Gasteiger partial charge in [-0.1, -0.05) is 24.3 Å². The first-order valence-electron chi connectivity index (χ1n) is 8.49. The molecule has 0 saturated carbocycles. The molecule has 0 radical (unpaired) electrons. The summed E-state index contributed by atoms with van der Waals surface area (Å²) in [6, 6.07) is 13.2. The number of rotatable bonds is 7. The molecule has 0 bridgehead atoms. The fourth-order valence-corrected chi connectivity index (χ4v) is 4.96. The second kappa shape index (κ2) is 7.81. The molecule has 8 heteroatoms. The average molecular weight is 381 g/mol. The molecule has 4 N–H and O–H groups in total. The van der Waals surface area contributed by atoms with Crippen molar-refractivity contribution in [3.05, 3.63) is 54.3 Å². The Morgan fingerprint density at radius 2 is 1.65 bits per heavy atom. The molecule has 0 aromatic heterocycles. The number of fused-ring (bicyclic) bond motifs is 1. The summed E-state index contributed by atoms with van der Waals surface area (Å²) in [6.45, 7) is 0.819. The van der Waals surface area contributed by atoms with Crippen LogP contribution in [0.3, 0.4) is 0 Å². The maximum Gasteiger partial charge on any atom is 0.148 e. The lowest BCUT2D eigenvalue weighted by atomic mass is 10.2. The van der Waals surface area contributed by atoms with Crippen LogP contribution < -0.4 is 13.9 Å². The number of halogens is 1. The van der Waals surface area contributed by atoms with Crippen molar-refractivity contribution in [3.8, 4) is 0 Å². The third kappa shape index (κ3) is 3.51. The summed E-state index contributed by atoms with van der Waals surface area (Å²) in [5.74, 6) is -0.520. The number of benzene rings is 2. The van der Waals surface area contributed by atoms with Crippen molar-refractivity contribution in [2.24, 2.45) is 0 Å². The molecule has 2 aromatic carbocycles. The Hall–Kier alpha value is -1.84. The number of nitrogens with zero attached hydrogens (tertiary/aromatic N) is 2. The normalized spacial score (nSPS) is 17.9. The van der Waals surface area contributed by atoms with Crippen LogP contribution in [0.2, 0.25) is 0 Å². The summed E-state index contributed by atoms with van der Waals surface area (Å²) in [6.07, 6.45) is 0.592. The molecule has 3 rings (SSSR count). The number of anilines is 3. The molecule has 0 fully saturated rings.